The molecular weight excluding hydrogens is 255 g/mol. The van der Waals surface area contributed by atoms with Crippen LogP contribution in [0.5, 0.6) is 5.75 Å². The number of rotatable bonds is 4. The first-order chi connectivity index (χ1) is 6.95. The van der Waals surface area contributed by atoms with Crippen molar-refractivity contribution in [2.24, 2.45) is 0 Å². The van der Waals surface area contributed by atoms with Crippen LogP contribution in [0.15, 0.2) is 23.1 Å². The minimum atomic E-state index is -4.13. The Balaban J connectivity index is 0.00000225. The molecule has 0 radical (unpaired) electrons. The van der Waals surface area contributed by atoms with Crippen LogP contribution in [0.2, 0.25) is 0 Å². The summed E-state index contributed by atoms with van der Waals surface area (Å²) in [5, 5.41) is 0. The van der Waals surface area contributed by atoms with Gasteiger partial charge in [-0.3, -0.25) is 4.55 Å². The minimum absolute atomic E-state index is 0. The third-order valence-corrected chi connectivity index (χ3v) is 2.91. The summed E-state index contributed by atoms with van der Waals surface area (Å²) < 4.78 is 36.0. The van der Waals surface area contributed by atoms with Crippen LogP contribution in [0, 0.1) is 6.92 Å². The third-order valence-electron chi connectivity index (χ3n) is 1.90. The molecule has 1 aromatic rings. The standard InChI is InChI=1S/C10H14O4S.K/c1-3-6-14-9-4-5-10(8(2)7-9)15(11,12)13;/h4-5,7H,3,6H2,1-2H3,(H,11,12,13);/q;+1. The van der Waals surface area contributed by atoms with Gasteiger partial charge in [0.05, 0.1) is 11.5 Å². The van der Waals surface area contributed by atoms with Gasteiger partial charge in [0.2, 0.25) is 0 Å². The van der Waals surface area contributed by atoms with Gasteiger partial charge in [-0.2, -0.15) is 8.42 Å². The van der Waals surface area contributed by atoms with Crippen molar-refractivity contribution in [3.8, 4) is 5.75 Å². The second-order valence-electron chi connectivity index (χ2n) is 3.25. The van der Waals surface area contributed by atoms with Crippen molar-refractivity contribution >= 4 is 10.1 Å². The summed E-state index contributed by atoms with van der Waals surface area (Å²) in [6.07, 6.45) is 0.888. The molecule has 0 aromatic heterocycles. The average molecular weight is 269 g/mol. The van der Waals surface area contributed by atoms with Crippen LogP contribution in [0.25, 0.3) is 0 Å². The van der Waals surface area contributed by atoms with E-state index in [9.17, 15) is 8.42 Å². The Kier molecular flexibility index (Phi) is 7.35. The summed E-state index contributed by atoms with van der Waals surface area (Å²) in [6.45, 7) is 4.19. The van der Waals surface area contributed by atoms with Crippen molar-refractivity contribution in [2.45, 2.75) is 25.2 Å². The Morgan fingerprint density at radius 3 is 2.44 bits per heavy atom. The molecule has 1 aromatic carbocycles. The molecule has 0 spiro atoms. The van der Waals surface area contributed by atoms with Crippen molar-refractivity contribution in [3.05, 3.63) is 23.8 Å². The maximum Gasteiger partial charge on any atom is 1.00 e. The zero-order chi connectivity index (χ0) is 11.5. The molecule has 0 saturated carbocycles. The van der Waals surface area contributed by atoms with Gasteiger partial charge in [0, 0.05) is 0 Å². The van der Waals surface area contributed by atoms with Gasteiger partial charge in [-0.25, -0.2) is 0 Å². The third kappa shape index (κ3) is 4.83. The van der Waals surface area contributed by atoms with Crippen LogP contribution in [0.1, 0.15) is 18.9 Å². The van der Waals surface area contributed by atoms with E-state index in [0.29, 0.717) is 17.9 Å². The van der Waals surface area contributed by atoms with Gasteiger partial charge in [-0.05, 0) is 37.1 Å². The quantitative estimate of drug-likeness (QED) is 0.564. The Morgan fingerprint density at radius 2 is 2.00 bits per heavy atom. The van der Waals surface area contributed by atoms with E-state index >= 15 is 0 Å². The van der Waals surface area contributed by atoms with Crippen molar-refractivity contribution in [2.75, 3.05) is 6.61 Å². The van der Waals surface area contributed by atoms with Crippen LogP contribution in [0.4, 0.5) is 0 Å². The van der Waals surface area contributed by atoms with Crippen LogP contribution in [-0.4, -0.2) is 19.6 Å². The van der Waals surface area contributed by atoms with Crippen molar-refractivity contribution < 1.29 is 69.1 Å². The molecule has 0 aliphatic rings. The number of benzene rings is 1. The first-order valence-corrected chi connectivity index (χ1v) is 6.10. The molecule has 0 aliphatic carbocycles. The monoisotopic (exact) mass is 269 g/mol. The Hall–Kier alpha value is 0.566. The average Bonchev–Trinajstić information content (AvgIpc) is 2.12. The van der Waals surface area contributed by atoms with Gasteiger partial charge in [-0.1, -0.05) is 6.92 Å². The van der Waals surface area contributed by atoms with E-state index in [0.717, 1.165) is 6.42 Å². The molecule has 0 unspecified atom stereocenters. The van der Waals surface area contributed by atoms with Gasteiger partial charge in [-0.15, -0.1) is 0 Å². The largest absolute Gasteiger partial charge is 1.00 e. The first-order valence-electron chi connectivity index (χ1n) is 4.66. The summed E-state index contributed by atoms with van der Waals surface area (Å²) in [5.41, 5.74) is 0.478. The molecule has 0 saturated heterocycles. The van der Waals surface area contributed by atoms with E-state index in [-0.39, 0.29) is 56.3 Å². The molecule has 4 nitrogen and oxygen atoms in total. The van der Waals surface area contributed by atoms with Crippen LogP contribution >= 0.6 is 0 Å². The predicted octanol–water partition coefficient (Wildman–Crippen LogP) is -0.965. The Morgan fingerprint density at radius 1 is 1.38 bits per heavy atom. The van der Waals surface area contributed by atoms with Crippen LogP contribution < -0.4 is 56.1 Å². The van der Waals surface area contributed by atoms with Crippen molar-refractivity contribution in [1.82, 2.24) is 0 Å². The molecule has 0 atom stereocenters. The molecule has 1 N–H and O–H groups in total. The number of aryl methyl sites for hydroxylation is 1. The summed E-state index contributed by atoms with van der Waals surface area (Å²) in [5.74, 6) is 0.613. The fourth-order valence-corrected chi connectivity index (χ4v) is 1.93. The second kappa shape index (κ2) is 7.10. The number of hydrogen-bond donors (Lipinski definition) is 1. The van der Waals surface area contributed by atoms with Gasteiger partial charge < -0.3 is 4.74 Å². The summed E-state index contributed by atoms with van der Waals surface area (Å²) in [7, 11) is -4.13. The van der Waals surface area contributed by atoms with E-state index in [1.165, 1.54) is 12.1 Å². The van der Waals surface area contributed by atoms with Crippen molar-refractivity contribution in [1.29, 1.82) is 0 Å². The molecule has 16 heavy (non-hydrogen) atoms. The molecule has 1 rings (SSSR count). The number of ether oxygens (including phenoxy) is 1. The van der Waals surface area contributed by atoms with E-state index < -0.39 is 10.1 Å². The maximum atomic E-state index is 10.9. The van der Waals surface area contributed by atoms with Crippen LogP contribution in [-0.2, 0) is 10.1 Å². The molecule has 0 bridgehead atoms. The molecule has 0 aliphatic heterocycles. The molecule has 0 fully saturated rings. The Labute approximate surface area is 139 Å². The van der Waals surface area contributed by atoms with Crippen LogP contribution in [0.3, 0.4) is 0 Å². The minimum Gasteiger partial charge on any atom is -0.494 e. The van der Waals surface area contributed by atoms with E-state index in [4.69, 9.17) is 9.29 Å². The topological polar surface area (TPSA) is 63.6 Å². The van der Waals surface area contributed by atoms with E-state index in [2.05, 4.69) is 0 Å². The molecule has 84 valence electrons. The SMILES string of the molecule is CCCOc1ccc(S(=O)(=O)O)c(C)c1.[K+]. The normalized spacial score (nSPS) is 10.7. The molecular formula is C10H14KO4S+. The molecule has 6 heteroatoms. The molecule has 0 amide bonds. The van der Waals surface area contributed by atoms with E-state index in [1.807, 2.05) is 6.92 Å². The van der Waals surface area contributed by atoms with Gasteiger partial charge >= 0.3 is 51.4 Å². The second-order valence-corrected chi connectivity index (χ2v) is 4.64. The summed E-state index contributed by atoms with van der Waals surface area (Å²) in [4.78, 5) is -0.0775. The summed E-state index contributed by atoms with van der Waals surface area (Å²) in [6, 6.07) is 4.47. The smallest absolute Gasteiger partial charge is 0.494 e. The predicted molar refractivity (Wildman–Crippen MR) is 56.8 cm³/mol. The van der Waals surface area contributed by atoms with Crippen molar-refractivity contribution in [3.63, 3.8) is 0 Å². The Bertz CT molecular complexity index is 442. The zero-order valence-electron chi connectivity index (χ0n) is 9.73. The van der Waals surface area contributed by atoms with Gasteiger partial charge in [0.15, 0.2) is 0 Å². The molecule has 0 heterocycles. The fourth-order valence-electron chi connectivity index (χ4n) is 1.22. The van der Waals surface area contributed by atoms with Gasteiger partial charge in [0.25, 0.3) is 10.1 Å². The fraction of sp³-hybridized carbons (Fsp3) is 0.400. The zero-order valence-corrected chi connectivity index (χ0v) is 13.7. The summed E-state index contributed by atoms with van der Waals surface area (Å²) >= 11 is 0. The maximum absolute atomic E-state index is 10.9. The van der Waals surface area contributed by atoms with E-state index in [1.54, 1.807) is 13.0 Å². The first kappa shape index (κ1) is 16.6. The number of hydrogen-bond acceptors (Lipinski definition) is 3. The van der Waals surface area contributed by atoms with Gasteiger partial charge in [0.1, 0.15) is 5.75 Å².